The average Bonchev–Trinajstić information content (AvgIpc) is 3.11. The summed E-state index contributed by atoms with van der Waals surface area (Å²) in [5, 5.41) is 11.0. The number of rotatable bonds is 4. The third kappa shape index (κ3) is 2.67. The number of aryl methyl sites for hydroxylation is 1. The van der Waals surface area contributed by atoms with Crippen molar-refractivity contribution in [2.75, 3.05) is 5.32 Å². The first-order valence-corrected chi connectivity index (χ1v) is 6.87. The number of nitrogens with zero attached hydrogens (tertiary/aromatic N) is 3. The summed E-state index contributed by atoms with van der Waals surface area (Å²) in [4.78, 5) is 0. The first kappa shape index (κ1) is 13.4. The molecular weight excluding hydrogens is 264 g/mol. The molecule has 2 heterocycles. The first-order valence-electron chi connectivity index (χ1n) is 6.87. The second-order valence-electron chi connectivity index (χ2n) is 5.13. The lowest BCUT2D eigenvalue weighted by atomic mass is 10.2. The zero-order valence-corrected chi connectivity index (χ0v) is 12.4. The van der Waals surface area contributed by atoms with E-state index in [1.165, 1.54) is 23.3 Å². The van der Waals surface area contributed by atoms with Gasteiger partial charge in [-0.2, -0.15) is 0 Å². The Morgan fingerprint density at radius 1 is 1.19 bits per heavy atom. The van der Waals surface area contributed by atoms with Gasteiger partial charge in [0, 0.05) is 36.2 Å². The molecule has 0 bridgehead atoms. The van der Waals surface area contributed by atoms with E-state index in [1.807, 2.05) is 24.3 Å². The van der Waals surface area contributed by atoms with Crippen LogP contribution in [0.1, 0.15) is 17.0 Å². The second kappa shape index (κ2) is 5.44. The van der Waals surface area contributed by atoms with Gasteiger partial charge in [-0.1, -0.05) is 0 Å². The number of benzene rings is 1. The maximum Gasteiger partial charge on any atom is 0.247 e. The van der Waals surface area contributed by atoms with Gasteiger partial charge in [0.05, 0.1) is 0 Å². The average molecular weight is 282 g/mol. The van der Waals surface area contributed by atoms with Crippen molar-refractivity contribution in [1.82, 2.24) is 14.8 Å². The summed E-state index contributed by atoms with van der Waals surface area (Å²) in [6, 6.07) is 10.2. The van der Waals surface area contributed by atoms with Gasteiger partial charge in [0.25, 0.3) is 0 Å². The molecule has 1 aromatic carbocycles. The summed E-state index contributed by atoms with van der Waals surface area (Å²) in [6.45, 7) is 5.08. The number of aromatic nitrogens is 3. The van der Waals surface area contributed by atoms with Crippen molar-refractivity contribution in [2.45, 2.75) is 20.4 Å². The molecule has 3 rings (SSSR count). The molecule has 21 heavy (non-hydrogen) atoms. The SMILES string of the molecule is Cc1cc(CNc2ccc(-c3nnco3)cc2)c(C)n1C. The van der Waals surface area contributed by atoms with Gasteiger partial charge in [-0.25, -0.2) is 0 Å². The Morgan fingerprint density at radius 2 is 1.95 bits per heavy atom. The van der Waals surface area contributed by atoms with Crippen LogP contribution in [0.4, 0.5) is 5.69 Å². The molecule has 0 amide bonds. The number of hydrogen-bond donors (Lipinski definition) is 1. The largest absolute Gasteiger partial charge is 0.423 e. The van der Waals surface area contributed by atoms with E-state index in [1.54, 1.807) is 0 Å². The van der Waals surface area contributed by atoms with E-state index >= 15 is 0 Å². The Bertz CT molecular complexity index is 726. The summed E-state index contributed by atoms with van der Waals surface area (Å²) in [5.74, 6) is 0.538. The molecule has 0 radical (unpaired) electrons. The van der Waals surface area contributed by atoms with Gasteiger partial charge in [0.15, 0.2) is 0 Å². The monoisotopic (exact) mass is 282 g/mol. The Hall–Kier alpha value is -2.56. The number of hydrogen-bond acceptors (Lipinski definition) is 4. The molecule has 1 N–H and O–H groups in total. The topological polar surface area (TPSA) is 55.9 Å². The molecule has 0 aliphatic rings. The molecular formula is C16H18N4O. The maximum absolute atomic E-state index is 5.17. The van der Waals surface area contributed by atoms with Crippen molar-refractivity contribution >= 4 is 5.69 Å². The predicted octanol–water partition coefficient (Wildman–Crippen LogP) is 3.30. The molecule has 5 heteroatoms. The number of nitrogens with one attached hydrogen (secondary N) is 1. The van der Waals surface area contributed by atoms with Crippen LogP contribution in [0.15, 0.2) is 41.1 Å². The summed E-state index contributed by atoms with van der Waals surface area (Å²) in [5.41, 5.74) is 5.87. The molecule has 0 unspecified atom stereocenters. The van der Waals surface area contributed by atoms with Crippen LogP contribution in [0, 0.1) is 13.8 Å². The maximum atomic E-state index is 5.17. The highest BCUT2D eigenvalue weighted by atomic mass is 16.4. The standard InChI is InChI=1S/C16H18N4O/c1-11-8-14(12(2)20(11)3)9-17-15-6-4-13(5-7-15)16-19-18-10-21-16/h4-8,10,17H,9H2,1-3H3. The molecule has 108 valence electrons. The Labute approximate surface area is 123 Å². The van der Waals surface area contributed by atoms with Gasteiger partial charge in [-0.3, -0.25) is 0 Å². The van der Waals surface area contributed by atoms with Crippen LogP contribution in [0.3, 0.4) is 0 Å². The Kier molecular flexibility index (Phi) is 3.48. The summed E-state index contributed by atoms with van der Waals surface area (Å²) in [6.07, 6.45) is 1.34. The van der Waals surface area contributed by atoms with Crippen molar-refractivity contribution in [3.05, 3.63) is 53.7 Å². The highest BCUT2D eigenvalue weighted by Gasteiger charge is 2.06. The number of anilines is 1. The van der Waals surface area contributed by atoms with Gasteiger partial charge in [0.2, 0.25) is 12.3 Å². The van der Waals surface area contributed by atoms with Gasteiger partial charge in [-0.05, 0) is 49.7 Å². The normalized spacial score (nSPS) is 10.8. The van der Waals surface area contributed by atoms with E-state index in [9.17, 15) is 0 Å². The second-order valence-corrected chi connectivity index (χ2v) is 5.13. The smallest absolute Gasteiger partial charge is 0.247 e. The van der Waals surface area contributed by atoms with Crippen molar-refractivity contribution < 1.29 is 4.42 Å². The lowest BCUT2D eigenvalue weighted by Crippen LogP contribution is -2.01. The van der Waals surface area contributed by atoms with E-state index in [4.69, 9.17) is 4.42 Å². The fourth-order valence-corrected chi connectivity index (χ4v) is 2.34. The fraction of sp³-hybridized carbons (Fsp3) is 0.250. The molecule has 0 aliphatic heterocycles. The molecule has 0 fully saturated rings. The third-order valence-electron chi connectivity index (χ3n) is 3.85. The predicted molar refractivity (Wildman–Crippen MR) is 81.9 cm³/mol. The van der Waals surface area contributed by atoms with E-state index < -0.39 is 0 Å². The minimum Gasteiger partial charge on any atom is -0.423 e. The molecule has 0 spiro atoms. The minimum atomic E-state index is 0.538. The zero-order valence-electron chi connectivity index (χ0n) is 12.4. The van der Waals surface area contributed by atoms with Gasteiger partial charge in [0.1, 0.15) is 0 Å². The van der Waals surface area contributed by atoms with Crippen LogP contribution in [-0.4, -0.2) is 14.8 Å². The summed E-state index contributed by atoms with van der Waals surface area (Å²) in [7, 11) is 2.09. The van der Waals surface area contributed by atoms with E-state index in [-0.39, 0.29) is 0 Å². The van der Waals surface area contributed by atoms with E-state index in [2.05, 4.69) is 47.0 Å². The molecule has 0 aliphatic carbocycles. The fourth-order valence-electron chi connectivity index (χ4n) is 2.34. The molecule has 3 aromatic rings. The van der Waals surface area contributed by atoms with E-state index in [0.717, 1.165) is 17.8 Å². The molecule has 0 saturated heterocycles. The quantitative estimate of drug-likeness (QED) is 0.797. The van der Waals surface area contributed by atoms with Crippen LogP contribution in [0.25, 0.3) is 11.5 Å². The minimum absolute atomic E-state index is 0.538. The highest BCUT2D eigenvalue weighted by Crippen LogP contribution is 2.20. The lowest BCUT2D eigenvalue weighted by Gasteiger charge is -2.07. The van der Waals surface area contributed by atoms with Gasteiger partial charge in [-0.15, -0.1) is 10.2 Å². The van der Waals surface area contributed by atoms with Gasteiger partial charge < -0.3 is 14.3 Å². The Balaban J connectivity index is 1.69. The van der Waals surface area contributed by atoms with Crippen molar-refractivity contribution in [2.24, 2.45) is 7.05 Å². The molecule has 2 aromatic heterocycles. The van der Waals surface area contributed by atoms with E-state index in [0.29, 0.717) is 5.89 Å². The molecule has 5 nitrogen and oxygen atoms in total. The third-order valence-corrected chi connectivity index (χ3v) is 3.85. The van der Waals surface area contributed by atoms with Gasteiger partial charge >= 0.3 is 0 Å². The van der Waals surface area contributed by atoms with Crippen molar-refractivity contribution in [3.63, 3.8) is 0 Å². The molecule has 0 atom stereocenters. The summed E-state index contributed by atoms with van der Waals surface area (Å²) < 4.78 is 7.38. The first-order chi connectivity index (χ1) is 10.1. The van der Waals surface area contributed by atoms with Crippen LogP contribution < -0.4 is 5.32 Å². The Morgan fingerprint density at radius 3 is 2.52 bits per heavy atom. The van der Waals surface area contributed by atoms with Crippen molar-refractivity contribution in [3.8, 4) is 11.5 Å². The lowest BCUT2D eigenvalue weighted by molar-refractivity contribution is 0.568. The van der Waals surface area contributed by atoms with Crippen molar-refractivity contribution in [1.29, 1.82) is 0 Å². The zero-order chi connectivity index (χ0) is 14.8. The van der Waals surface area contributed by atoms with Crippen LogP contribution in [0.5, 0.6) is 0 Å². The van der Waals surface area contributed by atoms with Crippen LogP contribution in [-0.2, 0) is 13.6 Å². The van der Waals surface area contributed by atoms with Crippen LogP contribution in [0.2, 0.25) is 0 Å². The highest BCUT2D eigenvalue weighted by molar-refractivity contribution is 5.58. The van der Waals surface area contributed by atoms with Crippen LogP contribution >= 0.6 is 0 Å². The summed E-state index contributed by atoms with van der Waals surface area (Å²) >= 11 is 0. The molecule has 0 saturated carbocycles.